The zero-order valence-electron chi connectivity index (χ0n) is 10.0. The summed E-state index contributed by atoms with van der Waals surface area (Å²) < 4.78 is 5.52. The van der Waals surface area contributed by atoms with Crippen molar-refractivity contribution in [3.05, 3.63) is 0 Å². The fourth-order valence-corrected chi connectivity index (χ4v) is 1.03. The molecular formula is C11H23NO2. The second kappa shape index (κ2) is 6.82. The van der Waals surface area contributed by atoms with Gasteiger partial charge < -0.3 is 9.64 Å². The molecule has 0 aromatic carbocycles. The molecule has 0 saturated heterocycles. The highest BCUT2D eigenvalue weighted by molar-refractivity contribution is 5.78. The van der Waals surface area contributed by atoms with Gasteiger partial charge in [0.2, 0.25) is 5.91 Å². The van der Waals surface area contributed by atoms with E-state index < -0.39 is 0 Å². The summed E-state index contributed by atoms with van der Waals surface area (Å²) in [5, 5.41) is 0. The number of carbonyl (C=O) groups excluding carboxylic acids is 1. The average molecular weight is 201 g/mol. The molecule has 3 heteroatoms. The Morgan fingerprint density at radius 1 is 1.36 bits per heavy atom. The van der Waals surface area contributed by atoms with Crippen molar-refractivity contribution in [1.82, 2.24) is 4.90 Å². The summed E-state index contributed by atoms with van der Waals surface area (Å²) >= 11 is 0. The van der Waals surface area contributed by atoms with Gasteiger partial charge in [0.15, 0.2) is 0 Å². The summed E-state index contributed by atoms with van der Waals surface area (Å²) in [6.07, 6.45) is 1.24. The minimum absolute atomic E-state index is 0.0334. The molecule has 0 aliphatic heterocycles. The molecule has 0 aliphatic carbocycles. The molecule has 1 amide bonds. The van der Waals surface area contributed by atoms with Crippen molar-refractivity contribution < 1.29 is 9.53 Å². The van der Waals surface area contributed by atoms with Gasteiger partial charge in [0.05, 0.1) is 18.6 Å². The van der Waals surface area contributed by atoms with Crippen molar-refractivity contribution >= 4 is 5.91 Å². The molecule has 0 saturated carbocycles. The summed E-state index contributed by atoms with van der Waals surface area (Å²) in [7, 11) is 1.82. The Morgan fingerprint density at radius 2 is 1.93 bits per heavy atom. The first kappa shape index (κ1) is 13.4. The van der Waals surface area contributed by atoms with Crippen LogP contribution in [0.2, 0.25) is 0 Å². The smallest absolute Gasteiger partial charge is 0.227 e. The van der Waals surface area contributed by atoms with Crippen LogP contribution in [-0.4, -0.2) is 37.1 Å². The highest BCUT2D eigenvalue weighted by Crippen LogP contribution is 2.05. The molecule has 14 heavy (non-hydrogen) atoms. The van der Waals surface area contributed by atoms with Gasteiger partial charge in [-0.15, -0.1) is 0 Å². The third-order valence-corrected chi connectivity index (χ3v) is 2.48. The van der Waals surface area contributed by atoms with Crippen molar-refractivity contribution in [3.8, 4) is 0 Å². The minimum Gasteiger partial charge on any atom is -0.378 e. The molecule has 2 unspecified atom stereocenters. The van der Waals surface area contributed by atoms with Crippen molar-refractivity contribution in [2.24, 2.45) is 5.92 Å². The van der Waals surface area contributed by atoms with Crippen LogP contribution in [0.15, 0.2) is 0 Å². The molecule has 0 rings (SSSR count). The predicted octanol–water partition coefficient (Wildman–Crippen LogP) is 1.92. The molecule has 0 heterocycles. The topological polar surface area (TPSA) is 29.5 Å². The second-order valence-corrected chi connectivity index (χ2v) is 3.81. The van der Waals surface area contributed by atoms with Crippen LogP contribution in [0, 0.1) is 5.92 Å². The summed E-state index contributed by atoms with van der Waals surface area (Å²) in [5.74, 6) is 0.129. The summed E-state index contributed by atoms with van der Waals surface area (Å²) in [5.41, 5.74) is 0. The number of nitrogens with zero attached hydrogens (tertiary/aromatic N) is 1. The number of amides is 1. The molecule has 0 fully saturated rings. The molecule has 84 valence electrons. The van der Waals surface area contributed by atoms with Gasteiger partial charge in [-0.25, -0.2) is 0 Å². The molecule has 0 radical (unpaired) electrons. The Balaban J connectivity index is 3.84. The molecule has 0 spiro atoms. The van der Waals surface area contributed by atoms with Crippen LogP contribution >= 0.6 is 0 Å². The van der Waals surface area contributed by atoms with Gasteiger partial charge in [-0.1, -0.05) is 13.8 Å². The van der Waals surface area contributed by atoms with Crippen LogP contribution in [0.3, 0.4) is 0 Å². The zero-order chi connectivity index (χ0) is 11.1. The Kier molecular flexibility index (Phi) is 6.54. The van der Waals surface area contributed by atoms with Crippen LogP contribution in [0.1, 0.15) is 34.1 Å². The van der Waals surface area contributed by atoms with Crippen LogP contribution < -0.4 is 0 Å². The van der Waals surface area contributed by atoms with Crippen LogP contribution in [0.25, 0.3) is 0 Å². The largest absolute Gasteiger partial charge is 0.378 e. The van der Waals surface area contributed by atoms with E-state index in [-0.39, 0.29) is 17.9 Å². The van der Waals surface area contributed by atoms with E-state index in [1.54, 1.807) is 4.90 Å². The number of hydrogen-bond acceptors (Lipinski definition) is 2. The van der Waals surface area contributed by atoms with Crippen molar-refractivity contribution in [2.45, 2.75) is 40.2 Å². The lowest BCUT2D eigenvalue weighted by Crippen LogP contribution is -2.34. The molecule has 0 bridgehead atoms. The van der Waals surface area contributed by atoms with E-state index in [9.17, 15) is 4.79 Å². The van der Waals surface area contributed by atoms with E-state index >= 15 is 0 Å². The Morgan fingerprint density at radius 3 is 2.36 bits per heavy atom. The van der Waals surface area contributed by atoms with Gasteiger partial charge in [-0.05, 0) is 20.3 Å². The van der Waals surface area contributed by atoms with E-state index in [0.717, 1.165) is 13.0 Å². The lowest BCUT2D eigenvalue weighted by atomic mass is 10.1. The maximum absolute atomic E-state index is 11.6. The third-order valence-electron chi connectivity index (χ3n) is 2.48. The minimum atomic E-state index is -0.0334. The lowest BCUT2D eigenvalue weighted by Gasteiger charge is -2.21. The van der Waals surface area contributed by atoms with Crippen LogP contribution in [-0.2, 0) is 9.53 Å². The monoisotopic (exact) mass is 201 g/mol. The van der Waals surface area contributed by atoms with E-state index in [1.807, 2.05) is 27.8 Å². The van der Waals surface area contributed by atoms with E-state index in [2.05, 4.69) is 6.92 Å². The maximum atomic E-state index is 11.6. The summed E-state index contributed by atoms with van der Waals surface area (Å²) in [6.45, 7) is 9.28. The molecule has 0 N–H and O–H groups in total. The molecule has 3 nitrogen and oxygen atoms in total. The van der Waals surface area contributed by atoms with Gasteiger partial charge >= 0.3 is 0 Å². The number of hydrogen-bond donors (Lipinski definition) is 0. The first-order chi connectivity index (χ1) is 6.52. The Hall–Kier alpha value is -0.570. The summed E-state index contributed by atoms with van der Waals surface area (Å²) in [4.78, 5) is 13.3. The first-order valence-corrected chi connectivity index (χ1v) is 5.39. The molecule has 0 aliphatic rings. The highest BCUT2D eigenvalue weighted by atomic mass is 16.5. The predicted molar refractivity (Wildman–Crippen MR) is 58.2 cm³/mol. The number of carbonyl (C=O) groups is 1. The molecular weight excluding hydrogens is 178 g/mol. The van der Waals surface area contributed by atoms with E-state index in [0.29, 0.717) is 6.61 Å². The van der Waals surface area contributed by atoms with Gasteiger partial charge in [-0.2, -0.15) is 0 Å². The van der Waals surface area contributed by atoms with Crippen molar-refractivity contribution in [1.29, 1.82) is 0 Å². The van der Waals surface area contributed by atoms with Gasteiger partial charge in [0.25, 0.3) is 0 Å². The van der Waals surface area contributed by atoms with Gasteiger partial charge in [-0.3, -0.25) is 4.79 Å². The SMILES string of the molecule is CCC(C)OCC(C)C(=O)N(C)CC. The van der Waals surface area contributed by atoms with Gasteiger partial charge in [0, 0.05) is 13.6 Å². The van der Waals surface area contributed by atoms with E-state index in [4.69, 9.17) is 4.74 Å². The summed E-state index contributed by atoms with van der Waals surface area (Å²) in [6, 6.07) is 0. The van der Waals surface area contributed by atoms with Crippen LogP contribution in [0.5, 0.6) is 0 Å². The quantitative estimate of drug-likeness (QED) is 0.657. The van der Waals surface area contributed by atoms with Crippen molar-refractivity contribution in [3.63, 3.8) is 0 Å². The Bertz CT molecular complexity index is 171. The average Bonchev–Trinajstić information content (AvgIpc) is 2.22. The normalized spacial score (nSPS) is 14.9. The third kappa shape index (κ3) is 4.61. The number of rotatable bonds is 6. The molecule has 0 aromatic rings. The standard InChI is InChI=1S/C11H23NO2/c1-6-10(4)14-8-9(3)11(13)12(5)7-2/h9-10H,6-8H2,1-5H3. The lowest BCUT2D eigenvalue weighted by molar-refractivity contribution is -0.136. The maximum Gasteiger partial charge on any atom is 0.227 e. The Labute approximate surface area is 87.4 Å². The second-order valence-electron chi connectivity index (χ2n) is 3.81. The van der Waals surface area contributed by atoms with E-state index in [1.165, 1.54) is 0 Å². The molecule has 2 atom stereocenters. The fourth-order valence-electron chi connectivity index (χ4n) is 1.03. The highest BCUT2D eigenvalue weighted by Gasteiger charge is 2.16. The molecule has 0 aromatic heterocycles. The fraction of sp³-hybridized carbons (Fsp3) is 0.909. The zero-order valence-corrected chi connectivity index (χ0v) is 10.0. The number of ether oxygens (including phenoxy) is 1. The van der Waals surface area contributed by atoms with Crippen molar-refractivity contribution in [2.75, 3.05) is 20.2 Å². The van der Waals surface area contributed by atoms with Crippen LogP contribution in [0.4, 0.5) is 0 Å². The first-order valence-electron chi connectivity index (χ1n) is 5.39. The van der Waals surface area contributed by atoms with Gasteiger partial charge in [0.1, 0.15) is 0 Å².